The number of aliphatic hydroxyl groups is 2. The van der Waals surface area contributed by atoms with Crippen LogP contribution in [0.25, 0.3) is 0 Å². The van der Waals surface area contributed by atoms with Crippen LogP contribution in [0.1, 0.15) is 31.4 Å². The molecule has 1 aliphatic heterocycles. The molecule has 1 heterocycles. The Morgan fingerprint density at radius 1 is 1.47 bits per heavy atom. The van der Waals surface area contributed by atoms with Gasteiger partial charge < -0.3 is 15.1 Å². The molecular formula is C13H18BrNO2. The summed E-state index contributed by atoms with van der Waals surface area (Å²) in [7, 11) is 0. The van der Waals surface area contributed by atoms with Crippen LogP contribution in [0.2, 0.25) is 0 Å². The molecular weight excluding hydrogens is 282 g/mol. The van der Waals surface area contributed by atoms with Gasteiger partial charge in [-0.25, -0.2) is 0 Å². The van der Waals surface area contributed by atoms with Gasteiger partial charge in [-0.15, -0.1) is 0 Å². The molecule has 0 saturated carbocycles. The van der Waals surface area contributed by atoms with Gasteiger partial charge in [-0.05, 0) is 37.5 Å². The van der Waals surface area contributed by atoms with Crippen LogP contribution in [-0.2, 0) is 0 Å². The lowest BCUT2D eigenvalue weighted by atomic mass is 10.1. The second-order valence-electron chi connectivity index (χ2n) is 4.62. The molecule has 1 saturated heterocycles. The molecule has 1 aromatic rings. The van der Waals surface area contributed by atoms with E-state index >= 15 is 0 Å². The second kappa shape index (κ2) is 5.38. The molecule has 0 amide bonds. The maximum Gasteiger partial charge on any atom is 0.0772 e. The standard InChI is InChI=1S/C13H18BrNO2/c1-9(16)12-5-4-10(7-13(12)14)15-6-2-3-11(17)8-15/h4-5,7,9,11,16-17H,2-3,6,8H2,1H3. The highest BCUT2D eigenvalue weighted by Gasteiger charge is 2.18. The fourth-order valence-corrected chi connectivity index (χ4v) is 2.94. The lowest BCUT2D eigenvalue weighted by Crippen LogP contribution is -2.38. The Morgan fingerprint density at radius 2 is 2.24 bits per heavy atom. The number of piperidine rings is 1. The third-order valence-corrected chi connectivity index (χ3v) is 3.88. The molecule has 0 bridgehead atoms. The highest BCUT2D eigenvalue weighted by Crippen LogP contribution is 2.29. The molecule has 94 valence electrons. The Morgan fingerprint density at radius 3 is 2.82 bits per heavy atom. The van der Waals surface area contributed by atoms with Gasteiger partial charge >= 0.3 is 0 Å². The summed E-state index contributed by atoms with van der Waals surface area (Å²) in [6.45, 7) is 3.43. The van der Waals surface area contributed by atoms with Crippen molar-refractivity contribution in [2.45, 2.75) is 32.0 Å². The third kappa shape index (κ3) is 3.00. The van der Waals surface area contributed by atoms with Crippen molar-refractivity contribution in [1.29, 1.82) is 0 Å². The smallest absolute Gasteiger partial charge is 0.0772 e. The number of β-amino-alcohol motifs (C(OH)–C–C–N with tert-alkyl or cyclic N) is 1. The molecule has 1 aromatic carbocycles. The molecule has 2 N–H and O–H groups in total. The zero-order chi connectivity index (χ0) is 12.4. The quantitative estimate of drug-likeness (QED) is 0.882. The average molecular weight is 300 g/mol. The molecule has 0 aliphatic carbocycles. The van der Waals surface area contributed by atoms with E-state index in [2.05, 4.69) is 20.8 Å². The van der Waals surface area contributed by atoms with E-state index in [-0.39, 0.29) is 6.10 Å². The summed E-state index contributed by atoms with van der Waals surface area (Å²) in [5, 5.41) is 19.2. The van der Waals surface area contributed by atoms with Crippen LogP contribution in [0.4, 0.5) is 5.69 Å². The van der Waals surface area contributed by atoms with Gasteiger partial charge in [0, 0.05) is 23.2 Å². The topological polar surface area (TPSA) is 43.7 Å². The van der Waals surface area contributed by atoms with E-state index in [1.54, 1.807) is 6.92 Å². The molecule has 4 heteroatoms. The Kier molecular flexibility index (Phi) is 4.07. The zero-order valence-corrected chi connectivity index (χ0v) is 11.5. The first-order valence-corrected chi connectivity index (χ1v) is 6.77. The molecule has 0 aromatic heterocycles. The number of halogens is 1. The van der Waals surface area contributed by atoms with Crippen LogP contribution in [-0.4, -0.2) is 29.4 Å². The summed E-state index contributed by atoms with van der Waals surface area (Å²) in [6, 6.07) is 5.95. The van der Waals surface area contributed by atoms with Gasteiger partial charge in [0.2, 0.25) is 0 Å². The molecule has 0 radical (unpaired) electrons. The normalized spacial score (nSPS) is 22.6. The monoisotopic (exact) mass is 299 g/mol. The number of aliphatic hydroxyl groups excluding tert-OH is 2. The number of rotatable bonds is 2. The SMILES string of the molecule is CC(O)c1ccc(N2CCCC(O)C2)cc1Br. The summed E-state index contributed by atoms with van der Waals surface area (Å²) in [6.07, 6.45) is 1.23. The van der Waals surface area contributed by atoms with Gasteiger partial charge in [0.15, 0.2) is 0 Å². The fourth-order valence-electron chi connectivity index (χ4n) is 2.24. The zero-order valence-electron chi connectivity index (χ0n) is 9.93. The summed E-state index contributed by atoms with van der Waals surface area (Å²) in [5.74, 6) is 0. The van der Waals surface area contributed by atoms with Crippen LogP contribution in [0.3, 0.4) is 0 Å². The van der Waals surface area contributed by atoms with Crippen molar-refractivity contribution in [2.24, 2.45) is 0 Å². The molecule has 3 nitrogen and oxygen atoms in total. The molecule has 17 heavy (non-hydrogen) atoms. The minimum absolute atomic E-state index is 0.223. The van der Waals surface area contributed by atoms with Gasteiger partial charge in [0.1, 0.15) is 0 Å². The van der Waals surface area contributed by atoms with Gasteiger partial charge in [-0.1, -0.05) is 22.0 Å². The van der Waals surface area contributed by atoms with Crippen molar-refractivity contribution < 1.29 is 10.2 Å². The Balaban J connectivity index is 2.19. The maximum absolute atomic E-state index is 9.66. The summed E-state index contributed by atoms with van der Waals surface area (Å²) >= 11 is 3.48. The maximum atomic E-state index is 9.66. The number of hydrogen-bond acceptors (Lipinski definition) is 3. The van der Waals surface area contributed by atoms with Crippen LogP contribution in [0, 0.1) is 0 Å². The Labute approximate surface area is 110 Å². The van der Waals surface area contributed by atoms with Gasteiger partial charge in [-0.3, -0.25) is 0 Å². The summed E-state index contributed by atoms with van der Waals surface area (Å²) in [5.41, 5.74) is 1.99. The van der Waals surface area contributed by atoms with Crippen LogP contribution < -0.4 is 4.90 Å². The van der Waals surface area contributed by atoms with E-state index in [9.17, 15) is 10.2 Å². The summed E-state index contributed by atoms with van der Waals surface area (Å²) in [4.78, 5) is 2.19. The largest absolute Gasteiger partial charge is 0.391 e. The minimum Gasteiger partial charge on any atom is -0.391 e. The Bertz CT molecular complexity index is 395. The fraction of sp³-hybridized carbons (Fsp3) is 0.538. The number of benzene rings is 1. The van der Waals surface area contributed by atoms with Crippen molar-refractivity contribution in [3.8, 4) is 0 Å². The first kappa shape index (κ1) is 12.9. The first-order chi connectivity index (χ1) is 8.08. The molecule has 0 spiro atoms. The summed E-state index contributed by atoms with van der Waals surface area (Å²) < 4.78 is 0.921. The van der Waals surface area contributed by atoms with E-state index in [1.807, 2.05) is 18.2 Å². The van der Waals surface area contributed by atoms with Crippen molar-refractivity contribution >= 4 is 21.6 Å². The van der Waals surface area contributed by atoms with Crippen molar-refractivity contribution in [1.82, 2.24) is 0 Å². The predicted molar refractivity (Wildman–Crippen MR) is 72.2 cm³/mol. The van der Waals surface area contributed by atoms with E-state index in [1.165, 1.54) is 0 Å². The van der Waals surface area contributed by atoms with Crippen LogP contribution in [0.5, 0.6) is 0 Å². The van der Waals surface area contributed by atoms with Crippen molar-refractivity contribution in [3.05, 3.63) is 28.2 Å². The van der Waals surface area contributed by atoms with Crippen LogP contribution >= 0.6 is 15.9 Å². The first-order valence-electron chi connectivity index (χ1n) is 5.98. The number of anilines is 1. The van der Waals surface area contributed by atoms with Gasteiger partial charge in [-0.2, -0.15) is 0 Å². The lowest BCUT2D eigenvalue weighted by molar-refractivity contribution is 0.154. The highest BCUT2D eigenvalue weighted by atomic mass is 79.9. The van der Waals surface area contributed by atoms with E-state index in [0.717, 1.165) is 35.1 Å². The minimum atomic E-state index is -0.467. The van der Waals surface area contributed by atoms with Gasteiger partial charge in [0.25, 0.3) is 0 Å². The van der Waals surface area contributed by atoms with E-state index < -0.39 is 6.10 Å². The lowest BCUT2D eigenvalue weighted by Gasteiger charge is -2.32. The Hall–Kier alpha value is -0.580. The molecule has 2 rings (SSSR count). The molecule has 2 atom stereocenters. The molecule has 2 unspecified atom stereocenters. The van der Waals surface area contributed by atoms with Gasteiger partial charge in [0.05, 0.1) is 12.2 Å². The third-order valence-electron chi connectivity index (χ3n) is 3.20. The molecule has 1 aliphatic rings. The second-order valence-corrected chi connectivity index (χ2v) is 5.48. The molecule has 1 fully saturated rings. The predicted octanol–water partition coefficient (Wildman–Crippen LogP) is 2.46. The number of hydrogen-bond donors (Lipinski definition) is 2. The number of nitrogens with zero attached hydrogens (tertiary/aromatic N) is 1. The average Bonchev–Trinajstić information content (AvgIpc) is 2.28. The van der Waals surface area contributed by atoms with E-state index in [0.29, 0.717) is 6.54 Å². The van der Waals surface area contributed by atoms with Crippen molar-refractivity contribution in [3.63, 3.8) is 0 Å². The van der Waals surface area contributed by atoms with E-state index in [4.69, 9.17) is 0 Å². The van der Waals surface area contributed by atoms with Crippen LogP contribution in [0.15, 0.2) is 22.7 Å². The van der Waals surface area contributed by atoms with Crippen molar-refractivity contribution in [2.75, 3.05) is 18.0 Å². The highest BCUT2D eigenvalue weighted by molar-refractivity contribution is 9.10.